The molecule has 1 aromatic heterocycles. The molecule has 1 aromatic carbocycles. The number of carbonyl (C=O) groups is 1. The average molecular weight is 367 g/mol. The van der Waals surface area contributed by atoms with Crippen LogP contribution in [0.4, 0.5) is 0 Å². The molecule has 0 N–H and O–H groups in total. The third-order valence-electron chi connectivity index (χ3n) is 3.63. The second kappa shape index (κ2) is 6.91. The molecular formula is C17H19ClN2O3S. The highest BCUT2D eigenvalue weighted by atomic mass is 35.5. The number of rotatable bonds is 4. The van der Waals surface area contributed by atoms with Crippen molar-refractivity contribution in [2.75, 3.05) is 13.3 Å². The lowest BCUT2D eigenvalue weighted by molar-refractivity contribution is 0.0884. The van der Waals surface area contributed by atoms with E-state index in [9.17, 15) is 13.2 Å². The van der Waals surface area contributed by atoms with Crippen LogP contribution in [0.5, 0.6) is 0 Å². The third-order valence-corrected chi connectivity index (χ3v) is 5.13. The van der Waals surface area contributed by atoms with Crippen molar-refractivity contribution in [2.24, 2.45) is 0 Å². The van der Waals surface area contributed by atoms with Crippen LogP contribution >= 0.6 is 11.6 Å². The minimum atomic E-state index is -3.62. The van der Waals surface area contributed by atoms with E-state index in [1.165, 1.54) is 13.1 Å². The molecule has 0 aliphatic carbocycles. The summed E-state index contributed by atoms with van der Waals surface area (Å²) < 4.78 is 23.8. The summed E-state index contributed by atoms with van der Waals surface area (Å²) in [7, 11) is -2.39. The maximum absolute atomic E-state index is 12.3. The van der Waals surface area contributed by atoms with Crippen molar-refractivity contribution < 1.29 is 13.2 Å². The molecule has 0 saturated heterocycles. The monoisotopic (exact) mass is 366 g/mol. The molecule has 128 valence electrons. The summed E-state index contributed by atoms with van der Waals surface area (Å²) in [5.74, 6) is -0.361. The lowest BCUT2D eigenvalue weighted by Gasteiger charge is -2.15. The summed E-state index contributed by atoms with van der Waals surface area (Å²) in [6, 6.07) is 10.3. The number of hydrogen-bond acceptors (Lipinski definition) is 4. The van der Waals surface area contributed by atoms with E-state index in [1.54, 1.807) is 12.1 Å². The molecule has 0 radical (unpaired) electrons. The molecule has 0 aliphatic heterocycles. The van der Waals surface area contributed by atoms with Crippen LogP contribution in [0.2, 0.25) is 5.02 Å². The Labute approximate surface area is 147 Å². The predicted octanol–water partition coefficient (Wildman–Crippen LogP) is 3.56. The Kier molecular flexibility index (Phi) is 5.30. The van der Waals surface area contributed by atoms with Crippen LogP contribution in [0.3, 0.4) is 0 Å². The zero-order valence-corrected chi connectivity index (χ0v) is 15.5. The van der Waals surface area contributed by atoms with Gasteiger partial charge in [0.25, 0.3) is 5.91 Å². The van der Waals surface area contributed by atoms with Crippen molar-refractivity contribution in [2.45, 2.75) is 19.8 Å². The van der Waals surface area contributed by atoms with Crippen LogP contribution in [-0.2, 0) is 10.0 Å². The predicted molar refractivity (Wildman–Crippen MR) is 95.7 cm³/mol. The van der Waals surface area contributed by atoms with Gasteiger partial charge < -0.3 is 0 Å². The van der Waals surface area contributed by atoms with Crippen LogP contribution in [-0.4, -0.2) is 36.9 Å². The van der Waals surface area contributed by atoms with Gasteiger partial charge in [-0.2, -0.15) is 0 Å². The molecular weight excluding hydrogens is 348 g/mol. The zero-order chi connectivity index (χ0) is 18.1. The third kappa shape index (κ3) is 3.94. The number of hydrogen-bond donors (Lipinski definition) is 0. The van der Waals surface area contributed by atoms with E-state index in [0.717, 1.165) is 11.9 Å². The zero-order valence-electron chi connectivity index (χ0n) is 13.9. The number of aromatic nitrogens is 1. The Bertz CT molecular complexity index is 879. The Balaban J connectivity index is 2.50. The molecule has 0 atom stereocenters. The van der Waals surface area contributed by atoms with Crippen molar-refractivity contribution in [3.63, 3.8) is 0 Å². The van der Waals surface area contributed by atoms with E-state index in [1.807, 2.05) is 32.0 Å². The second-order valence-corrected chi connectivity index (χ2v) is 8.25. The van der Waals surface area contributed by atoms with Gasteiger partial charge in [0.1, 0.15) is 0 Å². The fraction of sp³-hybridized carbons (Fsp3) is 0.294. The smallest absolute Gasteiger partial charge is 0.267 e. The van der Waals surface area contributed by atoms with E-state index in [2.05, 4.69) is 4.98 Å². The molecule has 0 bridgehead atoms. The topological polar surface area (TPSA) is 67.3 Å². The number of amides is 1. The average Bonchev–Trinajstić information content (AvgIpc) is 2.53. The Morgan fingerprint density at radius 3 is 2.46 bits per heavy atom. The number of sulfonamides is 1. The SMILES string of the molecule is CC(C)c1cccc(-c2cc(C(=O)N(C)S(C)(=O)=O)ccc2Cl)n1. The van der Waals surface area contributed by atoms with Crippen molar-refractivity contribution >= 4 is 27.5 Å². The lowest BCUT2D eigenvalue weighted by Crippen LogP contribution is -2.32. The van der Waals surface area contributed by atoms with Crippen LogP contribution in [0.1, 0.15) is 35.8 Å². The van der Waals surface area contributed by atoms with Gasteiger partial charge in [-0.3, -0.25) is 9.78 Å². The molecule has 2 aromatic rings. The van der Waals surface area contributed by atoms with E-state index in [-0.39, 0.29) is 11.5 Å². The van der Waals surface area contributed by atoms with Crippen molar-refractivity contribution in [1.29, 1.82) is 0 Å². The fourth-order valence-corrected chi connectivity index (χ4v) is 2.73. The van der Waals surface area contributed by atoms with Crippen LogP contribution < -0.4 is 0 Å². The van der Waals surface area contributed by atoms with Gasteiger partial charge in [-0.05, 0) is 36.2 Å². The molecule has 0 spiro atoms. The van der Waals surface area contributed by atoms with Gasteiger partial charge in [-0.25, -0.2) is 12.7 Å². The van der Waals surface area contributed by atoms with Crippen LogP contribution in [0.25, 0.3) is 11.3 Å². The van der Waals surface area contributed by atoms with Crippen LogP contribution in [0, 0.1) is 0 Å². The van der Waals surface area contributed by atoms with Gasteiger partial charge in [0, 0.05) is 23.9 Å². The minimum Gasteiger partial charge on any atom is -0.268 e. The number of carbonyl (C=O) groups excluding carboxylic acids is 1. The summed E-state index contributed by atoms with van der Waals surface area (Å²) in [5.41, 5.74) is 2.38. The molecule has 24 heavy (non-hydrogen) atoms. The maximum atomic E-state index is 12.3. The first-order valence-electron chi connectivity index (χ1n) is 7.36. The minimum absolute atomic E-state index is 0.235. The molecule has 0 unspecified atom stereocenters. The molecule has 0 aliphatic rings. The van der Waals surface area contributed by atoms with Crippen molar-refractivity contribution in [3.8, 4) is 11.3 Å². The Hall–Kier alpha value is -1.92. The molecule has 7 heteroatoms. The normalized spacial score (nSPS) is 11.6. The molecule has 0 saturated carbocycles. The van der Waals surface area contributed by atoms with Crippen molar-refractivity contribution in [1.82, 2.24) is 9.29 Å². The van der Waals surface area contributed by atoms with Gasteiger partial charge in [-0.15, -0.1) is 0 Å². The largest absolute Gasteiger partial charge is 0.268 e. The van der Waals surface area contributed by atoms with E-state index >= 15 is 0 Å². The Morgan fingerprint density at radius 1 is 1.21 bits per heavy atom. The summed E-state index contributed by atoms with van der Waals surface area (Å²) in [5, 5.41) is 0.446. The summed E-state index contributed by atoms with van der Waals surface area (Å²) in [4.78, 5) is 16.9. The lowest BCUT2D eigenvalue weighted by atomic mass is 10.0. The summed E-state index contributed by atoms with van der Waals surface area (Å²) in [6.07, 6.45) is 0.982. The van der Waals surface area contributed by atoms with Crippen molar-refractivity contribution in [3.05, 3.63) is 52.7 Å². The number of nitrogens with zero attached hydrogens (tertiary/aromatic N) is 2. The highest BCUT2D eigenvalue weighted by Gasteiger charge is 2.21. The quantitative estimate of drug-likeness (QED) is 0.829. The van der Waals surface area contributed by atoms with Crippen LogP contribution in [0.15, 0.2) is 36.4 Å². The second-order valence-electron chi connectivity index (χ2n) is 5.83. The molecule has 0 fully saturated rings. The van der Waals surface area contributed by atoms with Gasteiger partial charge in [-0.1, -0.05) is 31.5 Å². The first-order valence-corrected chi connectivity index (χ1v) is 9.59. The maximum Gasteiger partial charge on any atom is 0.267 e. The van der Waals surface area contributed by atoms with E-state index in [0.29, 0.717) is 20.6 Å². The fourth-order valence-electron chi connectivity index (χ4n) is 2.11. The first kappa shape index (κ1) is 18.4. The molecule has 2 rings (SSSR count). The molecule has 5 nitrogen and oxygen atoms in total. The summed E-state index contributed by atoms with van der Waals surface area (Å²) >= 11 is 6.25. The van der Waals surface area contributed by atoms with Gasteiger partial charge in [0.05, 0.1) is 17.0 Å². The Morgan fingerprint density at radius 2 is 1.88 bits per heavy atom. The standard InChI is InChI=1S/C17H19ClN2O3S/c1-11(2)15-6-5-7-16(19-15)13-10-12(8-9-14(13)18)17(21)20(3)24(4,22)23/h5-11H,1-4H3. The highest BCUT2D eigenvalue weighted by Crippen LogP contribution is 2.29. The first-order chi connectivity index (χ1) is 11.1. The summed E-state index contributed by atoms with van der Waals surface area (Å²) in [6.45, 7) is 4.07. The van der Waals surface area contributed by atoms with E-state index in [4.69, 9.17) is 11.6 Å². The molecule has 1 heterocycles. The van der Waals surface area contributed by atoms with Gasteiger partial charge in [0.2, 0.25) is 10.0 Å². The number of halogens is 1. The van der Waals surface area contributed by atoms with Gasteiger partial charge in [0.15, 0.2) is 0 Å². The van der Waals surface area contributed by atoms with Gasteiger partial charge >= 0.3 is 0 Å². The molecule has 1 amide bonds. The van der Waals surface area contributed by atoms with E-state index < -0.39 is 15.9 Å². The highest BCUT2D eigenvalue weighted by molar-refractivity contribution is 7.88. The number of pyridine rings is 1. The number of benzene rings is 1.